The lowest BCUT2D eigenvalue weighted by molar-refractivity contribution is -0.167. The Kier molecular flexibility index (Phi) is 48.0. The Labute approximate surface area is 387 Å². The molecule has 0 radical (unpaired) electrons. The molecule has 63 heavy (non-hydrogen) atoms. The van der Waals surface area contributed by atoms with Gasteiger partial charge in [-0.2, -0.15) is 0 Å². The van der Waals surface area contributed by atoms with Crippen molar-refractivity contribution < 1.29 is 28.6 Å². The highest BCUT2D eigenvalue weighted by molar-refractivity contribution is 5.71. The predicted octanol–water partition coefficient (Wildman–Crippen LogP) is 17.0. The van der Waals surface area contributed by atoms with Gasteiger partial charge in [0.25, 0.3) is 0 Å². The van der Waals surface area contributed by atoms with Crippen LogP contribution in [0.2, 0.25) is 0 Å². The summed E-state index contributed by atoms with van der Waals surface area (Å²) in [6.07, 6.45) is 66.8. The smallest absolute Gasteiger partial charge is 0.306 e. The SMILES string of the molecule is CC\C=C/C=C\C=C/C=C\CCCCCC(=O)OC(COC(=O)CCCCCCC\C=C/C=C\C=C/CC)COC(=O)CCCCCCCCC/C=C\CCCCCCCCCC. The minimum absolute atomic E-state index is 0.104. The number of carbonyl (C=O) groups is 3. The van der Waals surface area contributed by atoms with Crippen LogP contribution in [0.5, 0.6) is 0 Å². The molecule has 0 bridgehead atoms. The third-order valence-electron chi connectivity index (χ3n) is 10.7. The molecule has 6 nitrogen and oxygen atoms in total. The van der Waals surface area contributed by atoms with Crippen LogP contribution in [0.25, 0.3) is 0 Å². The van der Waals surface area contributed by atoms with Gasteiger partial charge in [-0.15, -0.1) is 0 Å². The molecule has 0 amide bonds. The lowest BCUT2D eigenvalue weighted by Crippen LogP contribution is -2.30. The van der Waals surface area contributed by atoms with Crippen LogP contribution in [0.1, 0.15) is 226 Å². The van der Waals surface area contributed by atoms with Gasteiger partial charge in [-0.25, -0.2) is 0 Å². The highest BCUT2D eigenvalue weighted by atomic mass is 16.6. The first-order chi connectivity index (χ1) is 31.0. The van der Waals surface area contributed by atoms with Gasteiger partial charge >= 0.3 is 17.9 Å². The standard InChI is InChI=1S/C57H94O6/c1-4-7-10-13-16-19-22-25-26-27-28-29-30-33-35-38-41-44-47-50-56(59)62-53-54(63-57(60)51-48-45-42-39-36-32-24-21-18-15-12-9-6-3)52-61-55(58)49-46-43-40-37-34-31-23-20-17-14-11-8-5-2/h8-9,11-12,14-15,17-18,20-21,23-24,27-28,32,36,54H,4-7,10,13,16,19,22,25-26,29-31,33-35,37-53H2,1-3H3/b11-8-,12-9-,17-14-,18-15-,23-20-,24-21-,28-27-,36-32-. The molecule has 0 fully saturated rings. The van der Waals surface area contributed by atoms with E-state index in [0.717, 1.165) is 89.9 Å². The highest BCUT2D eigenvalue weighted by Gasteiger charge is 2.19. The summed E-state index contributed by atoms with van der Waals surface area (Å²) in [5.74, 6) is -0.972. The van der Waals surface area contributed by atoms with E-state index in [9.17, 15) is 14.4 Å². The fourth-order valence-corrected chi connectivity index (χ4v) is 6.86. The fraction of sp³-hybridized carbons (Fsp3) is 0.667. The summed E-state index contributed by atoms with van der Waals surface area (Å²) in [5, 5.41) is 0. The van der Waals surface area contributed by atoms with E-state index >= 15 is 0 Å². The predicted molar refractivity (Wildman–Crippen MR) is 270 cm³/mol. The van der Waals surface area contributed by atoms with Gasteiger partial charge in [-0.3, -0.25) is 14.4 Å². The Balaban J connectivity index is 4.43. The number of unbranched alkanes of at least 4 members (excludes halogenated alkanes) is 23. The van der Waals surface area contributed by atoms with E-state index in [0.29, 0.717) is 19.3 Å². The molecule has 0 aromatic carbocycles. The third kappa shape index (κ3) is 49.2. The van der Waals surface area contributed by atoms with Gasteiger partial charge < -0.3 is 14.2 Å². The van der Waals surface area contributed by atoms with Crippen LogP contribution in [-0.4, -0.2) is 37.2 Å². The number of esters is 3. The van der Waals surface area contributed by atoms with Crippen molar-refractivity contribution in [3.63, 3.8) is 0 Å². The molecule has 0 rings (SSSR count). The average Bonchev–Trinajstić information content (AvgIpc) is 3.28. The summed E-state index contributed by atoms with van der Waals surface area (Å²) in [5.41, 5.74) is 0. The number of rotatable bonds is 45. The second-order valence-electron chi connectivity index (χ2n) is 16.8. The normalized spacial score (nSPS) is 12.9. The molecule has 0 spiro atoms. The van der Waals surface area contributed by atoms with Crippen molar-refractivity contribution in [1.29, 1.82) is 0 Å². The maximum absolute atomic E-state index is 12.8. The molecule has 0 heterocycles. The highest BCUT2D eigenvalue weighted by Crippen LogP contribution is 2.14. The second kappa shape index (κ2) is 51.0. The maximum Gasteiger partial charge on any atom is 0.306 e. The first-order valence-electron chi connectivity index (χ1n) is 25.8. The van der Waals surface area contributed by atoms with Gasteiger partial charge in [-0.05, 0) is 83.5 Å². The molecule has 0 aliphatic carbocycles. The minimum Gasteiger partial charge on any atom is -0.462 e. The molecule has 0 aliphatic rings. The van der Waals surface area contributed by atoms with E-state index < -0.39 is 6.10 Å². The second-order valence-corrected chi connectivity index (χ2v) is 16.8. The van der Waals surface area contributed by atoms with Crippen molar-refractivity contribution >= 4 is 17.9 Å². The van der Waals surface area contributed by atoms with E-state index in [2.05, 4.69) is 81.5 Å². The van der Waals surface area contributed by atoms with Crippen LogP contribution in [-0.2, 0) is 28.6 Å². The first kappa shape index (κ1) is 59.3. The van der Waals surface area contributed by atoms with E-state index in [1.54, 1.807) is 0 Å². The van der Waals surface area contributed by atoms with E-state index in [1.807, 2.05) is 36.5 Å². The quantitative estimate of drug-likeness (QED) is 0.0199. The van der Waals surface area contributed by atoms with E-state index in [1.165, 1.54) is 89.9 Å². The Bertz CT molecular complexity index is 1280. The monoisotopic (exact) mass is 875 g/mol. The van der Waals surface area contributed by atoms with Crippen LogP contribution >= 0.6 is 0 Å². The van der Waals surface area contributed by atoms with Crippen molar-refractivity contribution in [2.24, 2.45) is 0 Å². The van der Waals surface area contributed by atoms with Gasteiger partial charge in [0.05, 0.1) is 0 Å². The molecule has 0 aliphatic heterocycles. The zero-order valence-electron chi connectivity index (χ0n) is 40.8. The van der Waals surface area contributed by atoms with Gasteiger partial charge in [0.1, 0.15) is 13.2 Å². The van der Waals surface area contributed by atoms with Crippen LogP contribution < -0.4 is 0 Å². The summed E-state index contributed by atoms with van der Waals surface area (Å²) in [4.78, 5) is 37.9. The number of allylic oxidation sites excluding steroid dienone is 16. The number of hydrogen-bond acceptors (Lipinski definition) is 6. The summed E-state index contributed by atoms with van der Waals surface area (Å²) in [6, 6.07) is 0. The lowest BCUT2D eigenvalue weighted by Gasteiger charge is -2.18. The van der Waals surface area contributed by atoms with Crippen LogP contribution in [0.4, 0.5) is 0 Å². The minimum atomic E-state index is -0.808. The summed E-state index contributed by atoms with van der Waals surface area (Å²) in [7, 11) is 0. The molecule has 0 N–H and O–H groups in total. The molecular formula is C57H94O6. The Morgan fingerprint density at radius 1 is 0.333 bits per heavy atom. The average molecular weight is 875 g/mol. The number of ether oxygens (including phenoxy) is 3. The molecular weight excluding hydrogens is 781 g/mol. The number of carbonyl (C=O) groups excluding carboxylic acids is 3. The zero-order valence-corrected chi connectivity index (χ0v) is 40.8. The van der Waals surface area contributed by atoms with Crippen LogP contribution in [0.3, 0.4) is 0 Å². The van der Waals surface area contributed by atoms with Gasteiger partial charge in [-0.1, -0.05) is 221 Å². The zero-order chi connectivity index (χ0) is 45.8. The first-order valence-corrected chi connectivity index (χ1v) is 25.8. The largest absolute Gasteiger partial charge is 0.462 e. The fourth-order valence-electron chi connectivity index (χ4n) is 6.86. The molecule has 1 unspecified atom stereocenters. The summed E-state index contributed by atoms with van der Waals surface area (Å²) >= 11 is 0. The van der Waals surface area contributed by atoms with Crippen LogP contribution in [0, 0.1) is 0 Å². The molecule has 6 heteroatoms. The van der Waals surface area contributed by atoms with Crippen molar-refractivity contribution in [3.8, 4) is 0 Å². The van der Waals surface area contributed by atoms with E-state index in [-0.39, 0.29) is 37.5 Å². The third-order valence-corrected chi connectivity index (χ3v) is 10.7. The molecule has 0 aromatic rings. The maximum atomic E-state index is 12.8. The molecule has 1 atom stereocenters. The summed E-state index contributed by atoms with van der Waals surface area (Å²) < 4.78 is 16.7. The van der Waals surface area contributed by atoms with Gasteiger partial charge in [0.15, 0.2) is 6.10 Å². The van der Waals surface area contributed by atoms with Gasteiger partial charge in [0, 0.05) is 19.3 Å². The van der Waals surface area contributed by atoms with Crippen molar-refractivity contribution in [3.05, 3.63) is 97.2 Å². The van der Waals surface area contributed by atoms with Crippen molar-refractivity contribution in [2.75, 3.05) is 13.2 Å². The Hall–Kier alpha value is -3.67. The Morgan fingerprint density at radius 2 is 0.635 bits per heavy atom. The Morgan fingerprint density at radius 3 is 1.03 bits per heavy atom. The van der Waals surface area contributed by atoms with Crippen LogP contribution in [0.15, 0.2) is 97.2 Å². The molecule has 0 aromatic heterocycles. The molecule has 0 saturated carbocycles. The van der Waals surface area contributed by atoms with Crippen molar-refractivity contribution in [2.45, 2.75) is 232 Å². The topological polar surface area (TPSA) is 78.9 Å². The van der Waals surface area contributed by atoms with Crippen molar-refractivity contribution in [1.82, 2.24) is 0 Å². The molecule has 0 saturated heterocycles. The lowest BCUT2D eigenvalue weighted by atomic mass is 10.1. The summed E-state index contributed by atoms with van der Waals surface area (Å²) in [6.45, 7) is 6.30. The number of hydrogen-bond donors (Lipinski definition) is 0. The van der Waals surface area contributed by atoms with E-state index in [4.69, 9.17) is 14.2 Å². The van der Waals surface area contributed by atoms with Gasteiger partial charge in [0.2, 0.25) is 0 Å². The molecule has 358 valence electrons.